The molecule has 13 heavy (non-hydrogen) atoms. The standard InChI is InChI=1S/C7H15FN2O3/c1-12-7-5(10)4(8)6(11)3(2-9)13-7/h3-7,11H,2,9-10H2,1H3/t3?,4?,5?,6?,7-/m0/s1. The van der Waals surface area contributed by atoms with E-state index in [-0.39, 0.29) is 6.54 Å². The zero-order chi connectivity index (χ0) is 10.0. The number of alkyl halides is 1. The number of nitrogens with two attached hydrogens (primary N) is 2. The van der Waals surface area contributed by atoms with Crippen molar-refractivity contribution in [3.05, 3.63) is 0 Å². The van der Waals surface area contributed by atoms with Crippen molar-refractivity contribution in [3.8, 4) is 0 Å². The van der Waals surface area contributed by atoms with Crippen molar-refractivity contribution in [2.45, 2.75) is 30.7 Å². The van der Waals surface area contributed by atoms with Crippen molar-refractivity contribution < 1.29 is 19.0 Å². The summed E-state index contributed by atoms with van der Waals surface area (Å²) in [6, 6.07) is -0.970. The maximum absolute atomic E-state index is 13.3. The van der Waals surface area contributed by atoms with Crippen LogP contribution >= 0.6 is 0 Å². The second kappa shape index (κ2) is 4.30. The summed E-state index contributed by atoms with van der Waals surface area (Å²) >= 11 is 0. The van der Waals surface area contributed by atoms with Gasteiger partial charge in [0.15, 0.2) is 6.29 Å². The van der Waals surface area contributed by atoms with Crippen LogP contribution in [0.15, 0.2) is 0 Å². The van der Waals surface area contributed by atoms with Gasteiger partial charge in [0.05, 0.1) is 6.04 Å². The highest BCUT2D eigenvalue weighted by Crippen LogP contribution is 2.21. The fourth-order valence-electron chi connectivity index (χ4n) is 1.33. The van der Waals surface area contributed by atoms with E-state index >= 15 is 0 Å². The lowest BCUT2D eigenvalue weighted by Crippen LogP contribution is -2.61. The van der Waals surface area contributed by atoms with Gasteiger partial charge in [-0.2, -0.15) is 0 Å². The molecule has 0 aromatic rings. The van der Waals surface area contributed by atoms with Gasteiger partial charge in [-0.05, 0) is 0 Å². The first kappa shape index (κ1) is 10.8. The van der Waals surface area contributed by atoms with Crippen molar-refractivity contribution >= 4 is 0 Å². The van der Waals surface area contributed by atoms with Gasteiger partial charge in [0.2, 0.25) is 0 Å². The fourth-order valence-corrected chi connectivity index (χ4v) is 1.33. The van der Waals surface area contributed by atoms with Crippen molar-refractivity contribution in [3.63, 3.8) is 0 Å². The minimum atomic E-state index is -1.56. The molecule has 1 saturated heterocycles. The Morgan fingerprint density at radius 1 is 1.62 bits per heavy atom. The topological polar surface area (TPSA) is 90.7 Å². The first-order chi connectivity index (χ1) is 6.11. The molecule has 5 N–H and O–H groups in total. The minimum absolute atomic E-state index is 0.0359. The molecule has 0 saturated carbocycles. The van der Waals surface area contributed by atoms with Gasteiger partial charge in [0.1, 0.15) is 18.4 Å². The Hall–Kier alpha value is -0.270. The molecule has 6 heteroatoms. The third kappa shape index (κ3) is 1.97. The van der Waals surface area contributed by atoms with E-state index in [1.54, 1.807) is 0 Å². The summed E-state index contributed by atoms with van der Waals surface area (Å²) in [5.74, 6) is 0. The number of aliphatic hydroxyl groups excluding tert-OH is 1. The van der Waals surface area contributed by atoms with Crippen LogP contribution in [0.4, 0.5) is 4.39 Å². The molecule has 0 bridgehead atoms. The van der Waals surface area contributed by atoms with Crippen LogP contribution < -0.4 is 11.5 Å². The highest BCUT2D eigenvalue weighted by Gasteiger charge is 2.43. The Morgan fingerprint density at radius 3 is 2.69 bits per heavy atom. The van der Waals surface area contributed by atoms with E-state index in [1.807, 2.05) is 0 Å². The molecule has 0 aromatic heterocycles. The Labute approximate surface area is 75.8 Å². The quantitative estimate of drug-likeness (QED) is 0.489. The SMILES string of the molecule is CO[C@H]1OC(CN)C(O)C(F)C1N. The van der Waals surface area contributed by atoms with Gasteiger partial charge in [0, 0.05) is 13.7 Å². The molecule has 5 atom stereocenters. The van der Waals surface area contributed by atoms with Crippen LogP contribution in [0.5, 0.6) is 0 Å². The molecular formula is C7H15FN2O3. The van der Waals surface area contributed by atoms with Crippen LogP contribution in [0.25, 0.3) is 0 Å². The van der Waals surface area contributed by atoms with Crippen LogP contribution in [-0.4, -0.2) is 49.5 Å². The van der Waals surface area contributed by atoms with E-state index in [9.17, 15) is 9.50 Å². The lowest BCUT2D eigenvalue weighted by Gasteiger charge is -2.38. The number of methoxy groups -OCH3 is 1. The van der Waals surface area contributed by atoms with Crippen LogP contribution in [0.3, 0.4) is 0 Å². The molecule has 0 spiro atoms. The molecular weight excluding hydrogens is 179 g/mol. The highest BCUT2D eigenvalue weighted by atomic mass is 19.1. The second-order valence-electron chi connectivity index (χ2n) is 3.03. The normalized spacial score (nSPS) is 46.4. The molecule has 0 radical (unpaired) electrons. The van der Waals surface area contributed by atoms with Gasteiger partial charge in [-0.25, -0.2) is 4.39 Å². The third-order valence-electron chi connectivity index (χ3n) is 2.16. The molecule has 1 aliphatic rings. The van der Waals surface area contributed by atoms with Crippen molar-refractivity contribution in [2.24, 2.45) is 11.5 Å². The summed E-state index contributed by atoms with van der Waals surface area (Å²) in [7, 11) is 1.36. The van der Waals surface area contributed by atoms with Gasteiger partial charge < -0.3 is 26.0 Å². The van der Waals surface area contributed by atoms with Crippen molar-refractivity contribution in [2.75, 3.05) is 13.7 Å². The smallest absolute Gasteiger partial charge is 0.175 e. The summed E-state index contributed by atoms with van der Waals surface area (Å²) in [6.07, 6.45) is -4.43. The molecule has 1 heterocycles. The lowest BCUT2D eigenvalue weighted by molar-refractivity contribution is -0.237. The number of aliphatic hydroxyl groups is 1. The number of halogens is 1. The Bertz CT molecular complexity index is 152. The lowest BCUT2D eigenvalue weighted by atomic mass is 9.99. The summed E-state index contributed by atoms with van der Waals surface area (Å²) in [6.45, 7) is 0.0359. The van der Waals surface area contributed by atoms with Gasteiger partial charge in [-0.1, -0.05) is 0 Å². The van der Waals surface area contributed by atoms with Gasteiger partial charge in [-0.15, -0.1) is 0 Å². The van der Waals surface area contributed by atoms with Crippen LogP contribution in [-0.2, 0) is 9.47 Å². The largest absolute Gasteiger partial charge is 0.387 e. The number of rotatable bonds is 2. The Morgan fingerprint density at radius 2 is 2.23 bits per heavy atom. The van der Waals surface area contributed by atoms with Crippen molar-refractivity contribution in [1.29, 1.82) is 0 Å². The summed E-state index contributed by atoms with van der Waals surface area (Å²) in [5, 5.41) is 9.31. The molecule has 0 amide bonds. The average molecular weight is 194 g/mol. The summed E-state index contributed by atoms with van der Waals surface area (Å²) < 4.78 is 23.2. The molecule has 0 aliphatic carbocycles. The Balaban J connectivity index is 2.66. The van der Waals surface area contributed by atoms with Crippen molar-refractivity contribution in [1.82, 2.24) is 0 Å². The first-order valence-corrected chi connectivity index (χ1v) is 4.07. The van der Waals surface area contributed by atoms with Crippen LogP contribution in [0.2, 0.25) is 0 Å². The van der Waals surface area contributed by atoms with Gasteiger partial charge >= 0.3 is 0 Å². The average Bonchev–Trinajstić information content (AvgIpc) is 2.15. The van der Waals surface area contributed by atoms with E-state index in [1.165, 1.54) is 7.11 Å². The number of hydrogen-bond donors (Lipinski definition) is 3. The second-order valence-corrected chi connectivity index (χ2v) is 3.03. The van der Waals surface area contributed by atoms with Gasteiger partial charge in [-0.3, -0.25) is 0 Å². The highest BCUT2D eigenvalue weighted by molar-refractivity contribution is 4.92. The molecule has 1 rings (SSSR count). The molecule has 1 fully saturated rings. The zero-order valence-corrected chi connectivity index (χ0v) is 7.39. The van der Waals surface area contributed by atoms with Crippen LogP contribution in [0, 0.1) is 0 Å². The summed E-state index contributed by atoms with van der Waals surface area (Å²) in [4.78, 5) is 0. The van der Waals surface area contributed by atoms with E-state index in [0.717, 1.165) is 0 Å². The predicted molar refractivity (Wildman–Crippen MR) is 43.6 cm³/mol. The maximum atomic E-state index is 13.3. The molecule has 1 aliphatic heterocycles. The molecule has 5 nitrogen and oxygen atoms in total. The third-order valence-corrected chi connectivity index (χ3v) is 2.16. The summed E-state index contributed by atoms with van der Waals surface area (Å²) in [5.41, 5.74) is 10.7. The first-order valence-electron chi connectivity index (χ1n) is 4.07. The van der Waals surface area contributed by atoms with E-state index in [0.29, 0.717) is 0 Å². The Kier molecular flexibility index (Phi) is 3.57. The fraction of sp³-hybridized carbons (Fsp3) is 1.00. The molecule has 0 aromatic carbocycles. The maximum Gasteiger partial charge on any atom is 0.175 e. The molecule has 78 valence electrons. The van der Waals surface area contributed by atoms with E-state index < -0.39 is 30.7 Å². The zero-order valence-electron chi connectivity index (χ0n) is 7.39. The van der Waals surface area contributed by atoms with E-state index in [2.05, 4.69) is 0 Å². The monoisotopic (exact) mass is 194 g/mol. The number of hydrogen-bond acceptors (Lipinski definition) is 5. The van der Waals surface area contributed by atoms with E-state index in [4.69, 9.17) is 20.9 Å². The van der Waals surface area contributed by atoms with Crippen LogP contribution in [0.1, 0.15) is 0 Å². The minimum Gasteiger partial charge on any atom is -0.387 e. The number of ether oxygens (including phenoxy) is 2. The predicted octanol–water partition coefficient (Wildman–Crippen LogP) is -1.66. The molecule has 4 unspecified atom stereocenters. The van der Waals surface area contributed by atoms with Gasteiger partial charge in [0.25, 0.3) is 0 Å².